The fourth-order valence-electron chi connectivity index (χ4n) is 3.40. The van der Waals surface area contributed by atoms with E-state index < -0.39 is 0 Å². The third-order valence-electron chi connectivity index (χ3n) is 4.81. The number of nitrogens with one attached hydrogen (secondary N) is 1. The molecule has 29 heavy (non-hydrogen) atoms. The second-order valence-corrected chi connectivity index (χ2v) is 7.38. The third-order valence-corrected chi connectivity index (χ3v) is 5.07. The number of hydrogen-bond donors (Lipinski definition) is 1. The summed E-state index contributed by atoms with van der Waals surface area (Å²) in [6, 6.07) is 23.7. The van der Waals surface area contributed by atoms with E-state index in [-0.39, 0.29) is 18.0 Å². The molecular weight excluding hydrogens is 384 g/mol. The molecule has 4 rings (SSSR count). The van der Waals surface area contributed by atoms with Gasteiger partial charge in [0.15, 0.2) is 0 Å². The van der Waals surface area contributed by atoms with Crippen LogP contribution in [-0.4, -0.2) is 10.9 Å². The highest BCUT2D eigenvalue weighted by Crippen LogP contribution is 2.24. The maximum Gasteiger partial charge on any atom is 0.258 e. The molecule has 4 nitrogen and oxygen atoms in total. The molecule has 1 heterocycles. The summed E-state index contributed by atoms with van der Waals surface area (Å²) in [5.41, 5.74) is 3.69. The minimum atomic E-state index is -0.193. The Hall–Kier alpha value is -3.37. The van der Waals surface area contributed by atoms with Crippen molar-refractivity contribution in [2.75, 3.05) is 4.90 Å². The van der Waals surface area contributed by atoms with Crippen molar-refractivity contribution in [1.82, 2.24) is 4.98 Å². The van der Waals surface area contributed by atoms with E-state index in [9.17, 15) is 9.59 Å². The minimum Gasteiger partial charge on any atom is -0.322 e. The van der Waals surface area contributed by atoms with Crippen LogP contribution >= 0.6 is 11.6 Å². The second-order valence-electron chi connectivity index (χ2n) is 6.94. The molecule has 0 aliphatic rings. The van der Waals surface area contributed by atoms with E-state index in [4.69, 9.17) is 11.6 Å². The van der Waals surface area contributed by atoms with Crippen molar-refractivity contribution >= 4 is 34.1 Å². The number of para-hydroxylation sites is 1. The molecule has 0 atom stereocenters. The first-order valence-electron chi connectivity index (χ1n) is 9.26. The number of carbonyl (C=O) groups is 1. The molecule has 0 spiro atoms. The van der Waals surface area contributed by atoms with E-state index in [2.05, 4.69) is 4.98 Å². The average Bonchev–Trinajstić information content (AvgIpc) is 2.72. The predicted octanol–water partition coefficient (Wildman–Crippen LogP) is 5.34. The van der Waals surface area contributed by atoms with E-state index in [0.29, 0.717) is 10.6 Å². The van der Waals surface area contributed by atoms with E-state index in [0.717, 1.165) is 27.7 Å². The summed E-state index contributed by atoms with van der Waals surface area (Å²) < 4.78 is 0. The van der Waals surface area contributed by atoms with Crippen LogP contribution in [0.5, 0.6) is 0 Å². The normalized spacial score (nSPS) is 10.8. The summed E-state index contributed by atoms with van der Waals surface area (Å²) in [6.45, 7) is 2.26. The fraction of sp³-hybridized carbons (Fsp3) is 0.0833. The van der Waals surface area contributed by atoms with Crippen molar-refractivity contribution in [3.63, 3.8) is 0 Å². The number of fused-ring (bicyclic) bond motifs is 1. The molecule has 4 aromatic rings. The lowest BCUT2D eigenvalue weighted by molar-refractivity contribution is 0.0985. The number of halogens is 1. The summed E-state index contributed by atoms with van der Waals surface area (Å²) in [4.78, 5) is 30.1. The summed E-state index contributed by atoms with van der Waals surface area (Å²) in [5, 5.41) is 1.48. The molecule has 144 valence electrons. The number of nitrogens with zero attached hydrogens (tertiary/aromatic N) is 1. The van der Waals surface area contributed by atoms with E-state index in [1.165, 1.54) is 0 Å². The summed E-state index contributed by atoms with van der Waals surface area (Å²) in [5.74, 6) is -0.156. The maximum absolute atomic E-state index is 13.4. The monoisotopic (exact) mass is 402 g/mol. The van der Waals surface area contributed by atoms with E-state index in [1.807, 2.05) is 55.5 Å². The number of benzene rings is 3. The number of rotatable bonds is 4. The van der Waals surface area contributed by atoms with Gasteiger partial charge in [-0.05, 0) is 60.5 Å². The van der Waals surface area contributed by atoms with Crippen LogP contribution in [0, 0.1) is 6.92 Å². The van der Waals surface area contributed by atoms with Gasteiger partial charge in [0, 0.05) is 33.2 Å². The standard InChI is InChI=1S/C24H19ClN2O2/c1-16-5-4-6-20(13-16)27(24(29)17-9-11-19(25)12-10-17)15-18-14-23(28)26-22-8-3-2-7-21(18)22/h2-14H,15H2,1H3,(H,26,28). The van der Waals surface area contributed by atoms with Crippen molar-refractivity contribution in [1.29, 1.82) is 0 Å². The summed E-state index contributed by atoms with van der Waals surface area (Å²) >= 11 is 5.98. The number of pyridine rings is 1. The first-order chi connectivity index (χ1) is 14.0. The molecule has 1 N–H and O–H groups in total. The zero-order valence-corrected chi connectivity index (χ0v) is 16.6. The van der Waals surface area contributed by atoms with E-state index >= 15 is 0 Å². The van der Waals surface area contributed by atoms with Crippen LogP contribution in [0.2, 0.25) is 5.02 Å². The second kappa shape index (κ2) is 7.94. The maximum atomic E-state index is 13.4. The number of carbonyl (C=O) groups excluding carboxylic acids is 1. The molecule has 0 aliphatic carbocycles. The number of amides is 1. The lowest BCUT2D eigenvalue weighted by atomic mass is 10.1. The number of H-pyrrole nitrogens is 1. The zero-order valence-electron chi connectivity index (χ0n) is 15.9. The Morgan fingerprint density at radius 2 is 1.72 bits per heavy atom. The van der Waals surface area contributed by atoms with Gasteiger partial charge in [-0.3, -0.25) is 9.59 Å². The Kier molecular flexibility index (Phi) is 5.19. The van der Waals surface area contributed by atoms with Gasteiger partial charge >= 0.3 is 0 Å². The topological polar surface area (TPSA) is 53.2 Å². The SMILES string of the molecule is Cc1cccc(N(Cc2cc(=O)[nH]c3ccccc23)C(=O)c2ccc(Cl)cc2)c1. The highest BCUT2D eigenvalue weighted by Gasteiger charge is 2.20. The Morgan fingerprint density at radius 1 is 0.966 bits per heavy atom. The van der Waals surface area contributed by atoms with Crippen molar-refractivity contribution in [3.8, 4) is 0 Å². The van der Waals surface area contributed by atoms with Crippen LogP contribution in [0.15, 0.2) is 83.7 Å². The predicted molar refractivity (Wildman–Crippen MR) is 118 cm³/mol. The van der Waals surface area contributed by atoms with Crippen LogP contribution < -0.4 is 10.5 Å². The minimum absolute atomic E-state index is 0.156. The number of aromatic amines is 1. The van der Waals surface area contributed by atoms with E-state index in [1.54, 1.807) is 35.2 Å². The van der Waals surface area contributed by atoms with Gasteiger partial charge in [-0.1, -0.05) is 41.9 Å². The molecule has 0 fully saturated rings. The Bertz CT molecular complexity index is 1250. The van der Waals surface area contributed by atoms with Crippen LogP contribution in [-0.2, 0) is 6.54 Å². The molecule has 0 aliphatic heterocycles. The first-order valence-corrected chi connectivity index (χ1v) is 9.64. The molecule has 0 saturated carbocycles. The summed E-state index contributed by atoms with van der Waals surface area (Å²) in [7, 11) is 0. The van der Waals surface area contributed by atoms with Crippen LogP contribution in [0.4, 0.5) is 5.69 Å². The first kappa shape index (κ1) is 19.0. The summed E-state index contributed by atoms with van der Waals surface area (Å²) in [6.07, 6.45) is 0. The Labute approximate surface area is 173 Å². The molecule has 3 aromatic carbocycles. The molecule has 1 aromatic heterocycles. The number of hydrogen-bond acceptors (Lipinski definition) is 2. The van der Waals surface area contributed by atoms with Crippen molar-refractivity contribution in [2.45, 2.75) is 13.5 Å². The molecule has 0 saturated heterocycles. The van der Waals surface area contributed by atoms with Gasteiger partial charge in [-0.2, -0.15) is 0 Å². The number of anilines is 1. The van der Waals surface area contributed by atoms with Crippen molar-refractivity contribution < 1.29 is 4.79 Å². The quantitative estimate of drug-likeness (QED) is 0.501. The number of aryl methyl sites for hydroxylation is 1. The van der Waals surface area contributed by atoms with Gasteiger partial charge in [-0.25, -0.2) is 0 Å². The van der Waals surface area contributed by atoms with Gasteiger partial charge in [0.25, 0.3) is 5.91 Å². The average molecular weight is 403 g/mol. The van der Waals surface area contributed by atoms with Gasteiger partial charge in [0.2, 0.25) is 5.56 Å². The molecule has 0 unspecified atom stereocenters. The highest BCUT2D eigenvalue weighted by atomic mass is 35.5. The fourth-order valence-corrected chi connectivity index (χ4v) is 3.53. The molecular formula is C24H19ClN2O2. The van der Waals surface area contributed by atoms with Gasteiger partial charge in [0.1, 0.15) is 0 Å². The van der Waals surface area contributed by atoms with Gasteiger partial charge in [-0.15, -0.1) is 0 Å². The van der Waals surface area contributed by atoms with Crippen LogP contribution in [0.1, 0.15) is 21.5 Å². The lowest BCUT2D eigenvalue weighted by Gasteiger charge is -2.24. The Balaban J connectivity index is 1.82. The smallest absolute Gasteiger partial charge is 0.258 e. The van der Waals surface area contributed by atoms with Crippen LogP contribution in [0.3, 0.4) is 0 Å². The number of aromatic nitrogens is 1. The molecule has 0 radical (unpaired) electrons. The van der Waals surface area contributed by atoms with Crippen LogP contribution in [0.25, 0.3) is 10.9 Å². The lowest BCUT2D eigenvalue weighted by Crippen LogP contribution is -2.31. The molecule has 0 bridgehead atoms. The molecule has 5 heteroatoms. The highest BCUT2D eigenvalue weighted by molar-refractivity contribution is 6.30. The van der Waals surface area contributed by atoms with Crippen molar-refractivity contribution in [3.05, 3.63) is 111 Å². The zero-order chi connectivity index (χ0) is 20.4. The Morgan fingerprint density at radius 3 is 2.48 bits per heavy atom. The van der Waals surface area contributed by atoms with Crippen molar-refractivity contribution in [2.24, 2.45) is 0 Å². The van der Waals surface area contributed by atoms with Gasteiger partial charge < -0.3 is 9.88 Å². The van der Waals surface area contributed by atoms with Gasteiger partial charge in [0.05, 0.1) is 6.54 Å². The molecule has 1 amide bonds. The largest absolute Gasteiger partial charge is 0.322 e. The third kappa shape index (κ3) is 4.08.